The van der Waals surface area contributed by atoms with Crippen molar-refractivity contribution in [3.05, 3.63) is 133 Å². The van der Waals surface area contributed by atoms with Crippen LogP contribution in [0.1, 0.15) is 58.2 Å². The molecule has 0 radical (unpaired) electrons. The summed E-state index contributed by atoms with van der Waals surface area (Å²) < 4.78 is 5.26. The minimum atomic E-state index is -0.551. The Balaban J connectivity index is 2.97. The van der Waals surface area contributed by atoms with E-state index in [1.165, 1.54) is 0 Å². The van der Waals surface area contributed by atoms with Crippen LogP contribution in [-0.2, 0) is 26.8 Å². The number of aromatic hydroxyl groups is 1. The van der Waals surface area contributed by atoms with Gasteiger partial charge in [-0.05, 0) is 114 Å². The average Bonchev–Trinajstić information content (AvgIpc) is 2.83. The van der Waals surface area contributed by atoms with E-state index >= 15 is 0 Å². The SMILES string of the molecule is C=C=C=C=C=C=C=C=C=C=C=C=C=C=C=C=C=CC(=O)OCCc1cc(C(C)(C)C)c(O)c(C(C)(C)C)c1. The number of hydrogen-bond acceptors (Lipinski definition) is 3. The van der Waals surface area contributed by atoms with E-state index < -0.39 is 5.97 Å². The average molecular weight is 497 g/mol. The van der Waals surface area contributed by atoms with Crippen LogP contribution in [0.4, 0.5) is 0 Å². The van der Waals surface area contributed by atoms with Crippen molar-refractivity contribution in [3.63, 3.8) is 0 Å². The van der Waals surface area contributed by atoms with Crippen molar-refractivity contribution in [3.8, 4) is 5.75 Å². The third kappa shape index (κ3) is 12.4. The summed E-state index contributed by atoms with van der Waals surface area (Å²) in [6, 6.07) is 3.95. The molecule has 0 heterocycles. The number of carbonyl (C=O) groups excluding carboxylic acids is 1. The highest BCUT2D eigenvalue weighted by molar-refractivity contribution is 5.81. The Morgan fingerprint density at radius 1 is 0.763 bits per heavy atom. The van der Waals surface area contributed by atoms with E-state index in [4.69, 9.17) is 4.74 Å². The van der Waals surface area contributed by atoms with E-state index in [1.54, 1.807) is 0 Å². The van der Waals surface area contributed by atoms with Gasteiger partial charge in [0.25, 0.3) is 0 Å². The predicted molar refractivity (Wildman–Crippen MR) is 147 cm³/mol. The highest BCUT2D eigenvalue weighted by atomic mass is 16.5. The van der Waals surface area contributed by atoms with Gasteiger partial charge in [0.05, 0.1) is 12.7 Å². The lowest BCUT2D eigenvalue weighted by molar-refractivity contribution is -0.137. The molecule has 38 heavy (non-hydrogen) atoms. The summed E-state index contributed by atoms with van der Waals surface area (Å²) in [5.74, 6) is -0.227. The van der Waals surface area contributed by atoms with Gasteiger partial charge >= 0.3 is 5.97 Å². The molecule has 0 aliphatic rings. The van der Waals surface area contributed by atoms with Crippen LogP contribution in [0, 0.1) is 0 Å². The lowest BCUT2D eigenvalue weighted by atomic mass is 9.78. The molecule has 0 aromatic heterocycles. The molecule has 1 N–H and O–H groups in total. The van der Waals surface area contributed by atoms with Crippen LogP contribution in [-0.4, -0.2) is 17.7 Å². The summed E-state index contributed by atoms with van der Waals surface area (Å²) in [6.07, 6.45) is 1.64. The summed E-state index contributed by atoms with van der Waals surface area (Å²) in [6.45, 7) is 15.9. The highest BCUT2D eigenvalue weighted by Gasteiger charge is 2.26. The maximum absolute atomic E-state index is 11.9. The van der Waals surface area contributed by atoms with Gasteiger partial charge < -0.3 is 9.84 Å². The molecule has 0 amide bonds. The van der Waals surface area contributed by atoms with Gasteiger partial charge in [0, 0.05) is 6.42 Å². The van der Waals surface area contributed by atoms with Crippen LogP contribution in [0.5, 0.6) is 5.75 Å². The molecule has 0 unspecified atom stereocenters. The van der Waals surface area contributed by atoms with E-state index in [0.717, 1.165) is 22.8 Å². The van der Waals surface area contributed by atoms with Crippen molar-refractivity contribution in [2.45, 2.75) is 58.8 Å². The zero-order valence-corrected chi connectivity index (χ0v) is 22.6. The second-order valence-corrected chi connectivity index (χ2v) is 9.67. The Labute approximate surface area is 224 Å². The molecule has 3 nitrogen and oxygen atoms in total. The molecule has 0 saturated carbocycles. The Kier molecular flexibility index (Phi) is 12.7. The predicted octanol–water partition coefficient (Wildman–Crippen LogP) is 6.74. The van der Waals surface area contributed by atoms with Crippen LogP contribution < -0.4 is 0 Å². The largest absolute Gasteiger partial charge is 0.507 e. The van der Waals surface area contributed by atoms with Gasteiger partial charge in [0.2, 0.25) is 0 Å². The maximum atomic E-state index is 11.9. The standard InChI is InChI=1S/C35H28O3/c1-8-9-10-11-12-13-14-15-16-17-18-19-20-21-22-23-24-32(36)38-26-25-29-27-30(34(2,3)4)33(37)31(28-29)35(5,6)7/h24,27-28,37H,1,25-26H2,2-7H3. The maximum Gasteiger partial charge on any atom is 0.339 e. The zero-order chi connectivity index (χ0) is 28.4. The number of benzene rings is 1. The van der Waals surface area contributed by atoms with Crippen LogP contribution in [0.15, 0.2) is 116 Å². The number of rotatable bonds is 4. The molecule has 1 rings (SSSR count). The monoisotopic (exact) mass is 496 g/mol. The fourth-order valence-electron chi connectivity index (χ4n) is 2.84. The van der Waals surface area contributed by atoms with Crippen molar-refractivity contribution in [1.29, 1.82) is 0 Å². The van der Waals surface area contributed by atoms with Crippen LogP contribution >= 0.6 is 0 Å². The van der Waals surface area contributed by atoms with E-state index in [2.05, 4.69) is 140 Å². The van der Waals surface area contributed by atoms with E-state index in [1.807, 2.05) is 12.1 Å². The van der Waals surface area contributed by atoms with Gasteiger partial charge in [-0.25, -0.2) is 4.79 Å². The number of esters is 1. The Bertz CT molecular complexity index is 1660. The molecule has 3 heteroatoms. The quantitative estimate of drug-likeness (QED) is 0.285. The molecule has 0 fully saturated rings. The first-order chi connectivity index (χ1) is 18.0. The molecule has 0 atom stereocenters. The normalized spacial score (nSPS) is 8.68. The smallest absolute Gasteiger partial charge is 0.339 e. The molecule has 0 bridgehead atoms. The van der Waals surface area contributed by atoms with E-state index in [-0.39, 0.29) is 17.4 Å². The summed E-state index contributed by atoms with van der Waals surface area (Å²) in [4.78, 5) is 11.9. The number of phenols is 1. The number of hydrogen-bond donors (Lipinski definition) is 1. The Hall–Kier alpha value is -5.29. The summed E-state index contributed by atoms with van der Waals surface area (Å²) in [5, 5.41) is 10.8. The van der Waals surface area contributed by atoms with Gasteiger partial charge in [-0.1, -0.05) is 65.1 Å². The van der Waals surface area contributed by atoms with Crippen molar-refractivity contribution in [1.82, 2.24) is 0 Å². The first-order valence-electron chi connectivity index (χ1n) is 11.6. The topological polar surface area (TPSA) is 46.5 Å². The fraction of sp³-hybridized carbons (Fsp3) is 0.286. The number of phenolic OH excluding ortho intramolecular Hbond substituents is 1. The van der Waals surface area contributed by atoms with E-state index in [9.17, 15) is 9.90 Å². The lowest BCUT2D eigenvalue weighted by Gasteiger charge is -2.28. The van der Waals surface area contributed by atoms with Crippen molar-refractivity contribution < 1.29 is 14.6 Å². The van der Waals surface area contributed by atoms with Crippen LogP contribution in [0.2, 0.25) is 0 Å². The fourth-order valence-corrected chi connectivity index (χ4v) is 2.84. The molecular formula is C35H28O3. The summed E-state index contributed by atoms with van der Waals surface area (Å²) in [7, 11) is 0. The molecule has 1 aromatic carbocycles. The molecule has 0 aliphatic heterocycles. The van der Waals surface area contributed by atoms with Crippen molar-refractivity contribution >= 4 is 5.97 Å². The lowest BCUT2D eigenvalue weighted by Crippen LogP contribution is -2.18. The number of carbonyl (C=O) groups is 1. The molecule has 0 spiro atoms. The second-order valence-electron chi connectivity index (χ2n) is 9.67. The van der Waals surface area contributed by atoms with Crippen molar-refractivity contribution in [2.75, 3.05) is 6.61 Å². The molecule has 0 saturated heterocycles. The first-order valence-corrected chi connectivity index (χ1v) is 11.6. The minimum absolute atomic E-state index is 0.192. The molecule has 0 aliphatic carbocycles. The Morgan fingerprint density at radius 2 is 1.16 bits per heavy atom. The minimum Gasteiger partial charge on any atom is -0.507 e. The van der Waals surface area contributed by atoms with Gasteiger partial charge in [0.15, 0.2) is 0 Å². The highest BCUT2D eigenvalue weighted by Crippen LogP contribution is 2.39. The first kappa shape index (κ1) is 30.7. The zero-order valence-electron chi connectivity index (χ0n) is 22.6. The van der Waals surface area contributed by atoms with Gasteiger partial charge in [-0.2, -0.15) is 0 Å². The molecule has 1 aromatic rings. The van der Waals surface area contributed by atoms with Crippen LogP contribution in [0.25, 0.3) is 0 Å². The Morgan fingerprint density at radius 3 is 1.55 bits per heavy atom. The second kappa shape index (κ2) is 15.7. The molecule has 186 valence electrons. The summed E-state index contributed by atoms with van der Waals surface area (Å²) >= 11 is 0. The molecular weight excluding hydrogens is 468 g/mol. The van der Waals surface area contributed by atoms with E-state index in [0.29, 0.717) is 12.2 Å². The van der Waals surface area contributed by atoms with Crippen molar-refractivity contribution in [2.24, 2.45) is 0 Å². The third-order valence-electron chi connectivity index (χ3n) is 4.58. The number of ether oxygens (including phenoxy) is 1. The van der Waals surface area contributed by atoms with Gasteiger partial charge in [0.1, 0.15) is 5.75 Å². The van der Waals surface area contributed by atoms with Crippen LogP contribution in [0.3, 0.4) is 0 Å². The van der Waals surface area contributed by atoms with Gasteiger partial charge in [-0.3, -0.25) is 0 Å². The third-order valence-corrected chi connectivity index (χ3v) is 4.58. The van der Waals surface area contributed by atoms with Gasteiger partial charge in [-0.15, -0.1) is 0 Å². The summed E-state index contributed by atoms with van der Waals surface area (Å²) in [5.41, 5.74) is 42.1.